The lowest BCUT2D eigenvalue weighted by Gasteiger charge is -2.32. The van der Waals surface area contributed by atoms with Crippen LogP contribution in [0.25, 0.3) is 0 Å². The Balaban J connectivity index is 2.42. The topological polar surface area (TPSA) is 86.8 Å². The second kappa shape index (κ2) is 11.0. The Morgan fingerprint density at radius 3 is 2.27 bits per heavy atom. The lowest BCUT2D eigenvalue weighted by Crippen LogP contribution is -2.52. The van der Waals surface area contributed by atoms with Gasteiger partial charge < -0.3 is 10.2 Å². The Morgan fingerprint density at radius 2 is 1.73 bits per heavy atom. The number of carbonyl (C=O) groups is 2. The van der Waals surface area contributed by atoms with E-state index in [-0.39, 0.29) is 18.5 Å². The van der Waals surface area contributed by atoms with Crippen LogP contribution in [0.2, 0.25) is 5.02 Å². The molecule has 0 saturated heterocycles. The van der Waals surface area contributed by atoms with Gasteiger partial charge in [-0.1, -0.05) is 41.4 Å². The Labute approximate surface area is 201 Å². The molecule has 0 aromatic heterocycles. The first-order valence-electron chi connectivity index (χ1n) is 10.7. The number of sulfonamides is 1. The number of hydrogen-bond donors (Lipinski definition) is 1. The third-order valence-electron chi connectivity index (χ3n) is 5.14. The molecule has 0 spiro atoms. The molecule has 2 amide bonds. The average molecular weight is 494 g/mol. The van der Waals surface area contributed by atoms with Crippen molar-refractivity contribution >= 4 is 39.1 Å². The van der Waals surface area contributed by atoms with E-state index < -0.39 is 28.5 Å². The van der Waals surface area contributed by atoms with Gasteiger partial charge in [0.15, 0.2) is 0 Å². The first-order valence-corrected chi connectivity index (χ1v) is 12.9. The quantitative estimate of drug-likeness (QED) is 0.577. The fraction of sp³-hybridized carbons (Fsp3) is 0.417. The molecule has 2 rings (SSSR count). The van der Waals surface area contributed by atoms with Gasteiger partial charge in [-0.15, -0.1) is 0 Å². The molecule has 7 nitrogen and oxygen atoms in total. The highest BCUT2D eigenvalue weighted by Gasteiger charge is 2.30. The smallest absolute Gasteiger partial charge is 0.244 e. The molecule has 0 radical (unpaired) electrons. The number of rotatable bonds is 9. The molecule has 2 aromatic carbocycles. The molecular weight excluding hydrogens is 462 g/mol. The molecule has 33 heavy (non-hydrogen) atoms. The van der Waals surface area contributed by atoms with Crippen LogP contribution < -0.4 is 9.62 Å². The molecule has 0 aliphatic rings. The molecule has 0 fully saturated rings. The van der Waals surface area contributed by atoms with Gasteiger partial charge >= 0.3 is 0 Å². The predicted molar refractivity (Wildman–Crippen MR) is 133 cm³/mol. The van der Waals surface area contributed by atoms with Crippen LogP contribution in [0, 0.1) is 13.8 Å². The predicted octanol–water partition coefficient (Wildman–Crippen LogP) is 3.66. The number of amides is 2. The van der Waals surface area contributed by atoms with E-state index in [4.69, 9.17) is 11.6 Å². The molecule has 0 saturated carbocycles. The van der Waals surface area contributed by atoms with E-state index >= 15 is 0 Å². The van der Waals surface area contributed by atoms with Gasteiger partial charge in [-0.25, -0.2) is 8.42 Å². The van der Waals surface area contributed by atoms with Gasteiger partial charge in [-0.3, -0.25) is 13.9 Å². The van der Waals surface area contributed by atoms with Crippen LogP contribution in [0.1, 0.15) is 37.5 Å². The monoisotopic (exact) mass is 493 g/mol. The number of aryl methyl sites for hydroxylation is 2. The second-order valence-corrected chi connectivity index (χ2v) is 10.9. The highest BCUT2D eigenvalue weighted by Crippen LogP contribution is 2.26. The van der Waals surface area contributed by atoms with Gasteiger partial charge in [0.25, 0.3) is 0 Å². The Morgan fingerprint density at radius 1 is 1.06 bits per heavy atom. The summed E-state index contributed by atoms with van der Waals surface area (Å²) >= 11 is 6.03. The maximum absolute atomic E-state index is 13.5. The van der Waals surface area contributed by atoms with Crippen molar-refractivity contribution in [1.29, 1.82) is 0 Å². The summed E-state index contributed by atoms with van der Waals surface area (Å²) < 4.78 is 26.3. The molecule has 2 aromatic rings. The largest absolute Gasteiger partial charge is 0.352 e. The van der Waals surface area contributed by atoms with Crippen molar-refractivity contribution in [3.8, 4) is 0 Å². The van der Waals surface area contributed by atoms with E-state index in [0.29, 0.717) is 16.3 Å². The van der Waals surface area contributed by atoms with Crippen molar-refractivity contribution in [1.82, 2.24) is 10.2 Å². The van der Waals surface area contributed by atoms with Crippen LogP contribution in [0.15, 0.2) is 42.5 Å². The average Bonchev–Trinajstić information content (AvgIpc) is 2.69. The summed E-state index contributed by atoms with van der Waals surface area (Å²) in [6, 6.07) is 11.5. The second-order valence-electron chi connectivity index (χ2n) is 8.55. The summed E-state index contributed by atoms with van der Waals surface area (Å²) in [5.74, 6) is -0.790. The van der Waals surface area contributed by atoms with Crippen molar-refractivity contribution in [2.75, 3.05) is 17.1 Å². The lowest BCUT2D eigenvalue weighted by atomic mass is 10.1. The fourth-order valence-corrected chi connectivity index (χ4v) is 4.62. The standard InChI is InChI=1S/C24H32ClN3O4S/c1-16(2)26-24(30)19(5)27(14-20-9-7-8-17(3)12-20)23(29)15-28(33(6,31)32)22-11-10-21(25)13-18(22)4/h7-13,16,19H,14-15H2,1-6H3,(H,26,30). The van der Waals surface area contributed by atoms with Gasteiger partial charge in [0.05, 0.1) is 11.9 Å². The summed E-state index contributed by atoms with van der Waals surface area (Å²) in [6.45, 7) is 8.73. The highest BCUT2D eigenvalue weighted by atomic mass is 35.5. The van der Waals surface area contributed by atoms with Crippen molar-refractivity contribution in [3.05, 3.63) is 64.2 Å². The number of benzene rings is 2. The van der Waals surface area contributed by atoms with Crippen molar-refractivity contribution < 1.29 is 18.0 Å². The molecule has 9 heteroatoms. The summed E-state index contributed by atoms with van der Waals surface area (Å²) in [7, 11) is -3.78. The van der Waals surface area contributed by atoms with Crippen LogP contribution in [-0.2, 0) is 26.2 Å². The molecule has 180 valence electrons. The molecule has 0 aliphatic carbocycles. The highest BCUT2D eigenvalue weighted by molar-refractivity contribution is 7.92. The molecule has 0 bridgehead atoms. The minimum atomic E-state index is -3.78. The minimum Gasteiger partial charge on any atom is -0.352 e. The first kappa shape index (κ1) is 26.7. The van der Waals surface area contributed by atoms with E-state index in [1.807, 2.05) is 45.0 Å². The van der Waals surface area contributed by atoms with Crippen molar-refractivity contribution in [3.63, 3.8) is 0 Å². The van der Waals surface area contributed by atoms with Crippen LogP contribution in [0.5, 0.6) is 0 Å². The Hall–Kier alpha value is -2.58. The molecule has 1 unspecified atom stereocenters. The van der Waals surface area contributed by atoms with Gasteiger partial charge in [0.2, 0.25) is 21.8 Å². The van der Waals surface area contributed by atoms with Crippen LogP contribution in [-0.4, -0.2) is 50.0 Å². The summed E-state index contributed by atoms with van der Waals surface area (Å²) in [6.07, 6.45) is 1.05. The molecule has 0 heterocycles. The lowest BCUT2D eigenvalue weighted by molar-refractivity contribution is -0.139. The molecule has 0 aliphatic heterocycles. The van der Waals surface area contributed by atoms with E-state index in [9.17, 15) is 18.0 Å². The molecule has 1 N–H and O–H groups in total. The first-order chi connectivity index (χ1) is 15.3. The molecule has 1 atom stereocenters. The van der Waals surface area contributed by atoms with Gasteiger partial charge in [-0.2, -0.15) is 0 Å². The number of anilines is 1. The van der Waals surface area contributed by atoms with Crippen LogP contribution in [0.4, 0.5) is 5.69 Å². The number of nitrogens with zero attached hydrogens (tertiary/aromatic N) is 2. The normalized spacial score (nSPS) is 12.4. The van der Waals surface area contributed by atoms with Crippen molar-refractivity contribution in [2.24, 2.45) is 0 Å². The number of halogens is 1. The van der Waals surface area contributed by atoms with E-state index in [2.05, 4.69) is 5.32 Å². The Bertz CT molecular complexity index is 1120. The summed E-state index contributed by atoms with van der Waals surface area (Å²) in [5.41, 5.74) is 2.86. The van der Waals surface area contributed by atoms with Crippen molar-refractivity contribution in [2.45, 2.75) is 53.2 Å². The minimum absolute atomic E-state index is 0.0971. The van der Waals surface area contributed by atoms with Gasteiger partial charge in [-0.05, 0) is 63.9 Å². The van der Waals surface area contributed by atoms with Crippen LogP contribution in [0.3, 0.4) is 0 Å². The third-order valence-corrected chi connectivity index (χ3v) is 6.50. The van der Waals surface area contributed by atoms with Crippen LogP contribution >= 0.6 is 11.6 Å². The molecular formula is C24H32ClN3O4S. The zero-order chi connectivity index (χ0) is 24.9. The van der Waals surface area contributed by atoms with E-state index in [0.717, 1.165) is 21.7 Å². The number of nitrogens with one attached hydrogen (secondary N) is 1. The fourth-order valence-electron chi connectivity index (χ4n) is 3.49. The third kappa shape index (κ3) is 7.47. The SMILES string of the molecule is Cc1cccc(CN(C(=O)CN(c2ccc(Cl)cc2C)S(C)(=O)=O)C(C)C(=O)NC(C)C)c1. The summed E-state index contributed by atoms with van der Waals surface area (Å²) in [4.78, 5) is 27.6. The van der Waals surface area contributed by atoms with E-state index in [1.54, 1.807) is 32.0 Å². The number of carbonyl (C=O) groups excluding carboxylic acids is 2. The van der Waals surface area contributed by atoms with Gasteiger partial charge in [0, 0.05) is 17.6 Å². The maximum Gasteiger partial charge on any atom is 0.244 e. The number of hydrogen-bond acceptors (Lipinski definition) is 4. The van der Waals surface area contributed by atoms with Gasteiger partial charge in [0.1, 0.15) is 12.6 Å². The zero-order valence-electron chi connectivity index (χ0n) is 19.9. The maximum atomic E-state index is 13.5. The Kier molecular flexibility index (Phi) is 8.91. The van der Waals surface area contributed by atoms with E-state index in [1.165, 1.54) is 4.90 Å². The zero-order valence-corrected chi connectivity index (χ0v) is 21.5. The summed E-state index contributed by atoms with van der Waals surface area (Å²) in [5, 5.41) is 3.29.